The van der Waals surface area contributed by atoms with E-state index in [9.17, 15) is 0 Å². The van der Waals surface area contributed by atoms with Gasteiger partial charge in [0.05, 0.1) is 12.1 Å². The molecule has 0 spiro atoms. The molecule has 0 bridgehead atoms. The molecule has 0 aromatic heterocycles. The van der Waals surface area contributed by atoms with E-state index < -0.39 is 0 Å². The molecule has 1 saturated heterocycles. The van der Waals surface area contributed by atoms with Gasteiger partial charge in [-0.05, 0) is 37.3 Å². The van der Waals surface area contributed by atoms with E-state index in [0.717, 1.165) is 13.0 Å². The molecule has 16 heavy (non-hydrogen) atoms. The van der Waals surface area contributed by atoms with Gasteiger partial charge in [0.15, 0.2) is 0 Å². The molecule has 1 aliphatic heterocycles. The van der Waals surface area contributed by atoms with Crippen molar-refractivity contribution in [2.75, 3.05) is 6.61 Å². The molecule has 1 aliphatic rings. The topological polar surface area (TPSA) is 47.3 Å². The van der Waals surface area contributed by atoms with Crippen molar-refractivity contribution in [2.24, 2.45) is 5.84 Å². The minimum absolute atomic E-state index is 0.113. The highest BCUT2D eigenvalue weighted by Gasteiger charge is 2.25. The van der Waals surface area contributed by atoms with Crippen LogP contribution < -0.4 is 11.3 Å². The number of hydrogen-bond acceptors (Lipinski definition) is 3. The fraction of sp³-hybridized carbons (Fsp3) is 0.538. The number of nitrogens with two attached hydrogens (primary N) is 1. The second kappa shape index (κ2) is 5.43. The van der Waals surface area contributed by atoms with Crippen molar-refractivity contribution < 1.29 is 4.74 Å². The van der Waals surface area contributed by atoms with Gasteiger partial charge in [0.25, 0.3) is 0 Å². The van der Waals surface area contributed by atoms with E-state index in [1.165, 1.54) is 24.0 Å². The first kappa shape index (κ1) is 11.6. The molecular weight excluding hydrogens is 200 g/mol. The van der Waals surface area contributed by atoms with Crippen LogP contribution in [0, 0.1) is 6.92 Å². The zero-order chi connectivity index (χ0) is 11.4. The number of hydrogen-bond donors (Lipinski definition) is 2. The summed E-state index contributed by atoms with van der Waals surface area (Å²) in [5.74, 6) is 5.67. The van der Waals surface area contributed by atoms with E-state index in [1.807, 2.05) is 6.07 Å². The highest BCUT2D eigenvalue weighted by molar-refractivity contribution is 5.29. The number of benzene rings is 1. The second-order valence-electron chi connectivity index (χ2n) is 4.41. The molecule has 1 heterocycles. The van der Waals surface area contributed by atoms with Crippen LogP contribution in [-0.4, -0.2) is 12.7 Å². The number of ether oxygens (including phenoxy) is 1. The molecule has 1 fully saturated rings. The first-order valence-electron chi connectivity index (χ1n) is 5.96. The van der Waals surface area contributed by atoms with Crippen LogP contribution in [0.2, 0.25) is 0 Å². The van der Waals surface area contributed by atoms with Crippen molar-refractivity contribution in [3.8, 4) is 0 Å². The van der Waals surface area contributed by atoms with Crippen molar-refractivity contribution in [1.29, 1.82) is 0 Å². The van der Waals surface area contributed by atoms with Crippen LogP contribution in [0.1, 0.15) is 36.4 Å². The molecule has 2 rings (SSSR count). The molecule has 0 aliphatic carbocycles. The van der Waals surface area contributed by atoms with Gasteiger partial charge in [-0.25, -0.2) is 0 Å². The Bertz CT molecular complexity index is 334. The standard InChI is InChI=1S/C13H20N2O/c1-10-6-2-3-7-11(10)13(15-14)12-8-4-5-9-16-12/h2-3,6-7,12-13,15H,4-5,8-9,14H2,1H3. The Morgan fingerprint density at radius 3 is 2.81 bits per heavy atom. The summed E-state index contributed by atoms with van der Waals surface area (Å²) >= 11 is 0. The lowest BCUT2D eigenvalue weighted by Crippen LogP contribution is -2.39. The molecule has 3 heteroatoms. The molecule has 3 N–H and O–H groups in total. The van der Waals surface area contributed by atoms with Crippen LogP contribution in [0.3, 0.4) is 0 Å². The largest absolute Gasteiger partial charge is 0.376 e. The van der Waals surface area contributed by atoms with Gasteiger partial charge in [0.2, 0.25) is 0 Å². The Labute approximate surface area is 97.0 Å². The fourth-order valence-electron chi connectivity index (χ4n) is 2.36. The molecule has 0 amide bonds. The van der Waals surface area contributed by atoms with Crippen molar-refractivity contribution in [3.05, 3.63) is 35.4 Å². The number of hydrazine groups is 1. The third-order valence-corrected chi connectivity index (χ3v) is 3.29. The van der Waals surface area contributed by atoms with Crippen LogP contribution >= 0.6 is 0 Å². The first-order chi connectivity index (χ1) is 7.83. The maximum absolute atomic E-state index is 5.80. The van der Waals surface area contributed by atoms with Crippen molar-refractivity contribution in [3.63, 3.8) is 0 Å². The fourth-order valence-corrected chi connectivity index (χ4v) is 2.36. The summed E-state index contributed by atoms with van der Waals surface area (Å²) in [6, 6.07) is 8.45. The molecule has 2 unspecified atom stereocenters. The summed E-state index contributed by atoms with van der Waals surface area (Å²) in [5, 5.41) is 0. The molecular formula is C13H20N2O. The molecule has 2 atom stereocenters. The Morgan fingerprint density at radius 2 is 2.19 bits per heavy atom. The maximum atomic E-state index is 5.80. The van der Waals surface area contributed by atoms with Crippen LogP contribution in [0.15, 0.2) is 24.3 Å². The second-order valence-corrected chi connectivity index (χ2v) is 4.41. The third-order valence-electron chi connectivity index (χ3n) is 3.29. The quantitative estimate of drug-likeness (QED) is 0.605. The van der Waals surface area contributed by atoms with Crippen molar-refractivity contribution in [1.82, 2.24) is 5.43 Å². The Balaban J connectivity index is 2.18. The number of aryl methyl sites for hydroxylation is 1. The summed E-state index contributed by atoms with van der Waals surface area (Å²) < 4.78 is 5.80. The summed E-state index contributed by atoms with van der Waals surface area (Å²) in [5.41, 5.74) is 5.41. The van der Waals surface area contributed by atoms with E-state index in [4.69, 9.17) is 10.6 Å². The lowest BCUT2D eigenvalue weighted by molar-refractivity contribution is -0.00834. The summed E-state index contributed by atoms with van der Waals surface area (Å²) in [7, 11) is 0. The summed E-state index contributed by atoms with van der Waals surface area (Å²) in [6.45, 7) is 2.97. The smallest absolute Gasteiger partial charge is 0.0782 e. The van der Waals surface area contributed by atoms with E-state index in [1.54, 1.807) is 0 Å². The minimum atomic E-state index is 0.113. The van der Waals surface area contributed by atoms with E-state index in [2.05, 4.69) is 30.5 Å². The van der Waals surface area contributed by atoms with Crippen LogP contribution in [0.25, 0.3) is 0 Å². The zero-order valence-electron chi connectivity index (χ0n) is 9.78. The number of rotatable bonds is 3. The Hall–Kier alpha value is -0.900. The van der Waals surface area contributed by atoms with Crippen LogP contribution in [0.4, 0.5) is 0 Å². The average Bonchev–Trinajstić information content (AvgIpc) is 2.34. The average molecular weight is 220 g/mol. The normalized spacial score (nSPS) is 23.0. The van der Waals surface area contributed by atoms with Crippen molar-refractivity contribution in [2.45, 2.75) is 38.3 Å². The highest BCUT2D eigenvalue weighted by atomic mass is 16.5. The predicted molar refractivity (Wildman–Crippen MR) is 64.8 cm³/mol. The molecule has 1 aromatic carbocycles. The lowest BCUT2D eigenvalue weighted by Gasteiger charge is -2.31. The molecule has 0 saturated carbocycles. The molecule has 1 aromatic rings. The van der Waals surface area contributed by atoms with Gasteiger partial charge in [0, 0.05) is 6.61 Å². The van der Waals surface area contributed by atoms with E-state index >= 15 is 0 Å². The van der Waals surface area contributed by atoms with Crippen molar-refractivity contribution >= 4 is 0 Å². The van der Waals surface area contributed by atoms with Gasteiger partial charge >= 0.3 is 0 Å². The van der Waals surface area contributed by atoms with Gasteiger partial charge in [-0.3, -0.25) is 11.3 Å². The predicted octanol–water partition coefficient (Wildman–Crippen LogP) is 2.07. The minimum Gasteiger partial charge on any atom is -0.376 e. The van der Waals surface area contributed by atoms with Gasteiger partial charge in [-0.1, -0.05) is 24.3 Å². The Morgan fingerprint density at radius 1 is 1.38 bits per heavy atom. The third kappa shape index (κ3) is 2.43. The van der Waals surface area contributed by atoms with Crippen LogP contribution in [-0.2, 0) is 4.74 Å². The Kier molecular flexibility index (Phi) is 3.93. The van der Waals surface area contributed by atoms with Gasteiger partial charge in [-0.2, -0.15) is 0 Å². The van der Waals surface area contributed by atoms with Gasteiger partial charge in [-0.15, -0.1) is 0 Å². The molecule has 88 valence electrons. The SMILES string of the molecule is Cc1ccccc1C(NN)C1CCCCO1. The summed E-state index contributed by atoms with van der Waals surface area (Å²) in [4.78, 5) is 0. The van der Waals surface area contributed by atoms with E-state index in [-0.39, 0.29) is 12.1 Å². The highest BCUT2D eigenvalue weighted by Crippen LogP contribution is 2.27. The molecule has 3 nitrogen and oxygen atoms in total. The first-order valence-corrected chi connectivity index (χ1v) is 5.96. The maximum Gasteiger partial charge on any atom is 0.0782 e. The van der Waals surface area contributed by atoms with E-state index in [0.29, 0.717) is 0 Å². The zero-order valence-corrected chi connectivity index (χ0v) is 9.78. The summed E-state index contributed by atoms with van der Waals surface area (Å²) in [6.07, 6.45) is 3.69. The number of nitrogens with one attached hydrogen (secondary N) is 1. The van der Waals surface area contributed by atoms with Gasteiger partial charge in [0.1, 0.15) is 0 Å². The molecule has 0 radical (unpaired) electrons. The lowest BCUT2D eigenvalue weighted by atomic mass is 9.93. The van der Waals surface area contributed by atoms with Crippen LogP contribution in [0.5, 0.6) is 0 Å². The monoisotopic (exact) mass is 220 g/mol. The van der Waals surface area contributed by atoms with Gasteiger partial charge < -0.3 is 4.74 Å².